The second-order valence-electron chi connectivity index (χ2n) is 7.76. The van der Waals surface area contributed by atoms with Gasteiger partial charge in [-0.15, -0.1) is 0 Å². The molecule has 1 saturated heterocycles. The lowest BCUT2D eigenvalue weighted by Crippen LogP contribution is -2.62. The minimum absolute atomic E-state index is 0.344. The Labute approximate surface area is 174 Å². The highest BCUT2D eigenvalue weighted by atomic mass is 79.9. The number of carbonyl (C=O) groups excluding carboxylic acids is 3. The monoisotopic (exact) mass is 454 g/mol. The van der Waals surface area contributed by atoms with E-state index < -0.39 is 29.2 Å². The van der Waals surface area contributed by atoms with E-state index >= 15 is 0 Å². The van der Waals surface area contributed by atoms with Crippen molar-refractivity contribution in [2.75, 3.05) is 20.7 Å². The van der Waals surface area contributed by atoms with Gasteiger partial charge in [0.2, 0.25) is 0 Å². The van der Waals surface area contributed by atoms with Crippen LogP contribution in [-0.4, -0.2) is 54.2 Å². The minimum Gasteiger partial charge on any atom is -0.452 e. The van der Waals surface area contributed by atoms with Crippen molar-refractivity contribution in [1.82, 2.24) is 9.80 Å². The van der Waals surface area contributed by atoms with Crippen LogP contribution >= 0.6 is 15.9 Å². The molecular formula is C20H27BrN2O5. The number of ether oxygens (including phenoxy) is 2. The fourth-order valence-electron chi connectivity index (χ4n) is 3.45. The molecule has 0 aliphatic carbocycles. The van der Waals surface area contributed by atoms with Gasteiger partial charge in [-0.05, 0) is 46.1 Å². The number of rotatable bonds is 2. The maximum atomic E-state index is 13.6. The van der Waals surface area contributed by atoms with Crippen molar-refractivity contribution in [2.45, 2.75) is 51.2 Å². The zero-order chi connectivity index (χ0) is 21.1. The number of carbonyl (C=O) groups is 3. The molecule has 154 valence electrons. The molecule has 0 N–H and O–H groups in total. The maximum Gasteiger partial charge on any atom is 0.416 e. The Balaban J connectivity index is 2.64. The van der Waals surface area contributed by atoms with Crippen LogP contribution in [0.3, 0.4) is 0 Å². The van der Waals surface area contributed by atoms with Gasteiger partial charge in [0.1, 0.15) is 5.60 Å². The molecule has 1 aromatic carbocycles. The van der Waals surface area contributed by atoms with Crippen LogP contribution in [0.1, 0.15) is 45.6 Å². The summed E-state index contributed by atoms with van der Waals surface area (Å²) in [5.41, 5.74) is -1.48. The van der Waals surface area contributed by atoms with E-state index in [2.05, 4.69) is 15.9 Å². The summed E-state index contributed by atoms with van der Waals surface area (Å²) in [5.74, 6) is -0.531. The highest BCUT2D eigenvalue weighted by Gasteiger charge is 2.53. The van der Waals surface area contributed by atoms with E-state index in [0.717, 1.165) is 17.7 Å². The van der Waals surface area contributed by atoms with Crippen LogP contribution in [0.4, 0.5) is 9.59 Å². The van der Waals surface area contributed by atoms with Crippen LogP contribution in [0.5, 0.6) is 0 Å². The third-order valence-electron chi connectivity index (χ3n) is 4.67. The molecule has 7 nitrogen and oxygen atoms in total. The largest absolute Gasteiger partial charge is 0.452 e. The Morgan fingerprint density at radius 2 is 1.82 bits per heavy atom. The molecule has 1 unspecified atom stereocenters. The van der Waals surface area contributed by atoms with E-state index in [4.69, 9.17) is 9.47 Å². The fraction of sp³-hybridized carbons (Fsp3) is 0.550. The number of nitrogens with zero attached hydrogens (tertiary/aromatic N) is 2. The molecule has 0 spiro atoms. The number of imide groups is 1. The molecule has 1 atom stereocenters. The van der Waals surface area contributed by atoms with E-state index in [0.29, 0.717) is 23.0 Å². The molecule has 2 rings (SSSR count). The third-order valence-corrected chi connectivity index (χ3v) is 5.36. The zero-order valence-electron chi connectivity index (χ0n) is 17.0. The molecule has 28 heavy (non-hydrogen) atoms. The Morgan fingerprint density at radius 3 is 2.39 bits per heavy atom. The molecule has 1 aliphatic heterocycles. The quantitative estimate of drug-likeness (QED) is 0.665. The van der Waals surface area contributed by atoms with Crippen molar-refractivity contribution in [2.24, 2.45) is 0 Å². The standard InChI is InChI=1S/C20H27BrN2O5/c1-19(2,3)28-18(26)23-13-9-8-12-20(23,14-10-6-7-11-15(14)21)16(24)22(4)17(25)27-5/h6-7,10-11H,8-9,12-13H2,1-5H3. The summed E-state index contributed by atoms with van der Waals surface area (Å²) < 4.78 is 11.0. The summed E-state index contributed by atoms with van der Waals surface area (Å²) in [6.07, 6.45) is 0.456. The highest BCUT2D eigenvalue weighted by molar-refractivity contribution is 9.10. The topological polar surface area (TPSA) is 76.2 Å². The number of amides is 3. The molecule has 1 fully saturated rings. The maximum absolute atomic E-state index is 13.6. The van der Waals surface area contributed by atoms with Crippen LogP contribution in [-0.2, 0) is 19.8 Å². The van der Waals surface area contributed by atoms with Crippen LogP contribution in [0.2, 0.25) is 0 Å². The average Bonchev–Trinajstić information content (AvgIpc) is 2.65. The van der Waals surface area contributed by atoms with Crippen molar-refractivity contribution in [1.29, 1.82) is 0 Å². The molecule has 1 heterocycles. The fourth-order valence-corrected chi connectivity index (χ4v) is 4.07. The molecule has 3 amide bonds. The SMILES string of the molecule is COC(=O)N(C)C(=O)C1(c2ccccc2Br)CCCCN1C(=O)OC(C)(C)C. The second kappa shape index (κ2) is 8.51. The Kier molecular flexibility index (Phi) is 6.75. The van der Waals surface area contributed by atoms with Crippen LogP contribution in [0.25, 0.3) is 0 Å². The first-order valence-corrected chi connectivity index (χ1v) is 9.95. The van der Waals surface area contributed by atoms with Crippen molar-refractivity contribution < 1.29 is 23.9 Å². The normalized spacial score (nSPS) is 19.7. The van der Waals surface area contributed by atoms with Crippen molar-refractivity contribution in [3.63, 3.8) is 0 Å². The van der Waals surface area contributed by atoms with Crippen molar-refractivity contribution >= 4 is 34.0 Å². The van der Waals surface area contributed by atoms with E-state index in [1.165, 1.54) is 19.1 Å². The number of hydrogen-bond acceptors (Lipinski definition) is 5. The lowest BCUT2D eigenvalue weighted by Gasteiger charge is -2.47. The molecule has 0 aromatic heterocycles. The molecule has 8 heteroatoms. The lowest BCUT2D eigenvalue weighted by atomic mass is 9.79. The van der Waals surface area contributed by atoms with Crippen LogP contribution in [0.15, 0.2) is 28.7 Å². The first-order valence-electron chi connectivity index (χ1n) is 9.16. The number of hydrogen-bond donors (Lipinski definition) is 0. The first-order chi connectivity index (χ1) is 13.0. The molecular weight excluding hydrogens is 428 g/mol. The smallest absolute Gasteiger partial charge is 0.416 e. The summed E-state index contributed by atoms with van der Waals surface area (Å²) in [4.78, 5) is 41.2. The van der Waals surface area contributed by atoms with Gasteiger partial charge >= 0.3 is 12.2 Å². The molecule has 0 bridgehead atoms. The molecule has 1 aliphatic rings. The van der Waals surface area contributed by atoms with Gasteiger partial charge in [0, 0.05) is 23.6 Å². The van der Waals surface area contributed by atoms with Gasteiger partial charge in [0.15, 0.2) is 5.54 Å². The first kappa shape index (κ1) is 22.2. The van der Waals surface area contributed by atoms with Gasteiger partial charge in [-0.1, -0.05) is 34.1 Å². The number of piperidine rings is 1. The van der Waals surface area contributed by atoms with Gasteiger partial charge in [-0.2, -0.15) is 0 Å². The Morgan fingerprint density at radius 1 is 1.18 bits per heavy atom. The zero-order valence-corrected chi connectivity index (χ0v) is 18.5. The second-order valence-corrected chi connectivity index (χ2v) is 8.62. The highest BCUT2D eigenvalue weighted by Crippen LogP contribution is 2.43. The summed E-state index contributed by atoms with van der Waals surface area (Å²) in [5, 5.41) is 0. The van der Waals surface area contributed by atoms with Gasteiger partial charge < -0.3 is 9.47 Å². The van der Waals surface area contributed by atoms with E-state index in [-0.39, 0.29) is 0 Å². The Bertz CT molecular complexity index is 761. The Hall–Kier alpha value is -2.09. The van der Waals surface area contributed by atoms with E-state index in [1.807, 2.05) is 12.1 Å². The summed E-state index contributed by atoms with van der Waals surface area (Å²) >= 11 is 3.51. The van der Waals surface area contributed by atoms with E-state index in [1.54, 1.807) is 32.9 Å². The average molecular weight is 455 g/mol. The lowest BCUT2D eigenvalue weighted by molar-refractivity contribution is -0.144. The predicted molar refractivity (Wildman–Crippen MR) is 108 cm³/mol. The summed E-state index contributed by atoms with van der Waals surface area (Å²) in [7, 11) is 2.57. The van der Waals surface area contributed by atoms with E-state index in [9.17, 15) is 14.4 Å². The van der Waals surface area contributed by atoms with Crippen LogP contribution < -0.4 is 0 Å². The number of benzene rings is 1. The van der Waals surface area contributed by atoms with Gasteiger partial charge in [-0.25, -0.2) is 14.5 Å². The van der Waals surface area contributed by atoms with Gasteiger partial charge in [-0.3, -0.25) is 9.69 Å². The van der Waals surface area contributed by atoms with Crippen molar-refractivity contribution in [3.05, 3.63) is 34.3 Å². The number of methoxy groups -OCH3 is 1. The van der Waals surface area contributed by atoms with Crippen molar-refractivity contribution in [3.8, 4) is 0 Å². The molecule has 0 radical (unpaired) electrons. The summed E-state index contributed by atoms with van der Waals surface area (Å²) in [6, 6.07) is 7.23. The number of likely N-dealkylation sites (N-methyl/N-ethyl adjacent to an activating group) is 1. The van der Waals surface area contributed by atoms with Crippen LogP contribution in [0, 0.1) is 0 Å². The molecule has 0 saturated carbocycles. The third kappa shape index (κ3) is 4.32. The molecule has 1 aromatic rings. The number of halogens is 1. The number of likely N-dealkylation sites (tertiary alicyclic amines) is 1. The van der Waals surface area contributed by atoms with Gasteiger partial charge in [0.25, 0.3) is 5.91 Å². The minimum atomic E-state index is -1.37. The van der Waals surface area contributed by atoms with Gasteiger partial charge in [0.05, 0.1) is 7.11 Å². The summed E-state index contributed by atoms with van der Waals surface area (Å²) in [6.45, 7) is 5.67. The predicted octanol–water partition coefficient (Wildman–Crippen LogP) is 4.29.